The van der Waals surface area contributed by atoms with Crippen molar-refractivity contribution >= 4 is 5.82 Å². The van der Waals surface area contributed by atoms with Gasteiger partial charge in [-0.15, -0.1) is 0 Å². The van der Waals surface area contributed by atoms with Crippen LogP contribution in [0, 0.1) is 20.8 Å². The van der Waals surface area contributed by atoms with E-state index < -0.39 is 0 Å². The second-order valence-electron chi connectivity index (χ2n) is 6.11. The molecule has 1 atom stereocenters. The Morgan fingerprint density at radius 3 is 2.62 bits per heavy atom. The third kappa shape index (κ3) is 3.76. The molecule has 0 aromatic carbocycles. The minimum atomic E-state index is 0.194. The highest BCUT2D eigenvalue weighted by Gasteiger charge is 2.10. The van der Waals surface area contributed by atoms with Gasteiger partial charge in [0.1, 0.15) is 5.82 Å². The van der Waals surface area contributed by atoms with Crippen LogP contribution in [0.3, 0.4) is 0 Å². The zero-order chi connectivity index (χ0) is 17.1. The molecule has 3 aromatic heterocycles. The summed E-state index contributed by atoms with van der Waals surface area (Å²) in [6.07, 6.45) is 3.52. The number of rotatable bonds is 5. The number of hydrogen-bond acceptors (Lipinski definition) is 5. The van der Waals surface area contributed by atoms with E-state index in [9.17, 15) is 0 Å². The van der Waals surface area contributed by atoms with Crippen molar-refractivity contribution < 1.29 is 0 Å². The molecule has 24 heavy (non-hydrogen) atoms. The number of pyridine rings is 1. The van der Waals surface area contributed by atoms with Crippen molar-refractivity contribution in [2.24, 2.45) is 0 Å². The van der Waals surface area contributed by atoms with Crippen LogP contribution < -0.4 is 5.32 Å². The van der Waals surface area contributed by atoms with Crippen LogP contribution in [0.5, 0.6) is 0 Å². The number of aromatic nitrogens is 5. The molecule has 3 heterocycles. The van der Waals surface area contributed by atoms with E-state index in [1.165, 1.54) is 0 Å². The molecule has 0 spiro atoms. The lowest BCUT2D eigenvalue weighted by Gasteiger charge is -2.16. The molecule has 0 radical (unpaired) electrons. The van der Waals surface area contributed by atoms with E-state index in [1.807, 2.05) is 36.7 Å². The summed E-state index contributed by atoms with van der Waals surface area (Å²) in [5, 5.41) is 7.96. The van der Waals surface area contributed by atoms with E-state index in [2.05, 4.69) is 45.3 Å². The van der Waals surface area contributed by atoms with Crippen molar-refractivity contribution in [1.29, 1.82) is 0 Å². The summed E-state index contributed by atoms with van der Waals surface area (Å²) in [6.45, 7) is 8.96. The molecule has 1 N–H and O–H groups in total. The number of hydrogen-bond donors (Lipinski definition) is 1. The molecule has 0 amide bonds. The van der Waals surface area contributed by atoms with E-state index in [0.717, 1.165) is 35.0 Å². The predicted molar refractivity (Wildman–Crippen MR) is 94.8 cm³/mol. The molecule has 0 unspecified atom stereocenters. The van der Waals surface area contributed by atoms with Crippen LogP contribution in [0.25, 0.3) is 11.4 Å². The van der Waals surface area contributed by atoms with Crippen LogP contribution in [0.2, 0.25) is 0 Å². The van der Waals surface area contributed by atoms with Gasteiger partial charge in [0.05, 0.1) is 12.2 Å². The molecule has 0 bridgehead atoms. The van der Waals surface area contributed by atoms with Gasteiger partial charge in [0.2, 0.25) is 0 Å². The summed E-state index contributed by atoms with van der Waals surface area (Å²) in [5.74, 6) is 1.50. The second-order valence-corrected chi connectivity index (χ2v) is 6.11. The van der Waals surface area contributed by atoms with Gasteiger partial charge in [-0.2, -0.15) is 5.10 Å². The maximum absolute atomic E-state index is 4.62. The van der Waals surface area contributed by atoms with Crippen LogP contribution in [0.1, 0.15) is 24.0 Å². The first-order valence-electron chi connectivity index (χ1n) is 8.05. The second kappa shape index (κ2) is 6.78. The molecule has 0 aliphatic rings. The van der Waals surface area contributed by atoms with Crippen molar-refractivity contribution in [3.8, 4) is 11.4 Å². The minimum Gasteiger partial charge on any atom is -0.366 e. The summed E-state index contributed by atoms with van der Waals surface area (Å²) in [5.41, 5.74) is 4.03. The fourth-order valence-electron chi connectivity index (χ4n) is 2.68. The Kier molecular flexibility index (Phi) is 4.55. The van der Waals surface area contributed by atoms with Crippen molar-refractivity contribution in [2.75, 3.05) is 5.32 Å². The Hall–Kier alpha value is -2.76. The van der Waals surface area contributed by atoms with E-state index in [4.69, 9.17) is 0 Å². The van der Waals surface area contributed by atoms with Gasteiger partial charge in [0, 0.05) is 41.5 Å². The molecular weight excluding hydrogens is 300 g/mol. The number of anilines is 1. The maximum atomic E-state index is 4.62. The van der Waals surface area contributed by atoms with Gasteiger partial charge < -0.3 is 5.32 Å². The summed E-state index contributed by atoms with van der Waals surface area (Å²) in [7, 11) is 0. The van der Waals surface area contributed by atoms with E-state index in [0.29, 0.717) is 5.82 Å². The predicted octanol–water partition coefficient (Wildman–Crippen LogP) is 3.16. The molecule has 3 rings (SSSR count). The monoisotopic (exact) mass is 322 g/mol. The van der Waals surface area contributed by atoms with Crippen LogP contribution in [-0.2, 0) is 6.54 Å². The van der Waals surface area contributed by atoms with E-state index in [-0.39, 0.29) is 6.04 Å². The first-order valence-corrected chi connectivity index (χ1v) is 8.05. The number of nitrogens with zero attached hydrogens (tertiary/aromatic N) is 5. The summed E-state index contributed by atoms with van der Waals surface area (Å²) < 4.78 is 2.02. The van der Waals surface area contributed by atoms with Crippen molar-refractivity contribution in [2.45, 2.75) is 40.3 Å². The minimum absolute atomic E-state index is 0.194. The lowest BCUT2D eigenvalue weighted by molar-refractivity contribution is 0.544. The van der Waals surface area contributed by atoms with Gasteiger partial charge in [0.15, 0.2) is 5.82 Å². The molecule has 3 aromatic rings. The van der Waals surface area contributed by atoms with Gasteiger partial charge >= 0.3 is 0 Å². The normalized spacial score (nSPS) is 12.2. The highest BCUT2D eigenvalue weighted by Crippen LogP contribution is 2.17. The number of nitrogens with one attached hydrogen (secondary N) is 1. The molecule has 6 heteroatoms. The molecule has 0 saturated carbocycles. The van der Waals surface area contributed by atoms with E-state index in [1.54, 1.807) is 12.4 Å². The maximum Gasteiger partial charge on any atom is 0.163 e. The Morgan fingerprint density at radius 1 is 1.12 bits per heavy atom. The van der Waals surface area contributed by atoms with Crippen LogP contribution in [-0.4, -0.2) is 30.8 Å². The van der Waals surface area contributed by atoms with Gasteiger partial charge in [-0.05, 0) is 45.9 Å². The standard InChI is InChI=1S/C18H22N6/c1-12-9-17(22-18(21-12)16-6-5-7-19-10-16)20-14(3)11-24-15(4)8-13(2)23-24/h5-10,14H,11H2,1-4H3,(H,20,21,22)/t14-/m1/s1. The average Bonchev–Trinajstić information content (AvgIpc) is 2.85. The molecule has 0 saturated heterocycles. The van der Waals surface area contributed by atoms with Gasteiger partial charge in [0.25, 0.3) is 0 Å². The Bertz CT molecular complexity index is 825. The van der Waals surface area contributed by atoms with Crippen LogP contribution in [0.4, 0.5) is 5.82 Å². The molecule has 0 fully saturated rings. The lowest BCUT2D eigenvalue weighted by atomic mass is 10.2. The average molecular weight is 322 g/mol. The van der Waals surface area contributed by atoms with Crippen molar-refractivity contribution in [3.05, 3.63) is 53.7 Å². The molecule has 0 aliphatic heterocycles. The quantitative estimate of drug-likeness (QED) is 0.781. The third-order valence-electron chi connectivity index (χ3n) is 3.72. The SMILES string of the molecule is Cc1cc(N[C@H](C)Cn2nc(C)cc2C)nc(-c2cccnc2)n1. The summed E-state index contributed by atoms with van der Waals surface area (Å²) in [6, 6.07) is 8.09. The van der Waals surface area contributed by atoms with Crippen LogP contribution in [0.15, 0.2) is 36.7 Å². The molecule has 0 aliphatic carbocycles. The van der Waals surface area contributed by atoms with Gasteiger partial charge in [-0.25, -0.2) is 9.97 Å². The molecule has 124 valence electrons. The zero-order valence-electron chi connectivity index (χ0n) is 14.5. The van der Waals surface area contributed by atoms with Crippen LogP contribution >= 0.6 is 0 Å². The summed E-state index contributed by atoms with van der Waals surface area (Å²) in [4.78, 5) is 13.3. The highest BCUT2D eigenvalue weighted by atomic mass is 15.3. The van der Waals surface area contributed by atoms with Crippen molar-refractivity contribution in [1.82, 2.24) is 24.7 Å². The largest absolute Gasteiger partial charge is 0.366 e. The smallest absolute Gasteiger partial charge is 0.163 e. The molecular formula is C18H22N6. The fourth-order valence-corrected chi connectivity index (χ4v) is 2.68. The third-order valence-corrected chi connectivity index (χ3v) is 3.72. The molecule has 6 nitrogen and oxygen atoms in total. The fraction of sp³-hybridized carbons (Fsp3) is 0.333. The Balaban J connectivity index is 1.77. The lowest BCUT2D eigenvalue weighted by Crippen LogP contribution is -2.24. The van der Waals surface area contributed by atoms with Crippen molar-refractivity contribution in [3.63, 3.8) is 0 Å². The van der Waals surface area contributed by atoms with E-state index >= 15 is 0 Å². The highest BCUT2D eigenvalue weighted by molar-refractivity contribution is 5.56. The first-order chi connectivity index (χ1) is 11.5. The Labute approximate surface area is 142 Å². The first kappa shape index (κ1) is 16.1. The Morgan fingerprint density at radius 2 is 1.96 bits per heavy atom. The topological polar surface area (TPSA) is 68.5 Å². The zero-order valence-corrected chi connectivity index (χ0v) is 14.5. The van der Waals surface area contributed by atoms with Gasteiger partial charge in [-0.1, -0.05) is 0 Å². The summed E-state index contributed by atoms with van der Waals surface area (Å²) >= 11 is 0. The number of aryl methyl sites for hydroxylation is 3. The van der Waals surface area contributed by atoms with Gasteiger partial charge in [-0.3, -0.25) is 9.67 Å².